The minimum atomic E-state index is -2.80. The number of carbonyl (C=O) groups excluding carboxylic acids is 1. The van der Waals surface area contributed by atoms with Gasteiger partial charge in [0.2, 0.25) is 0 Å². The smallest absolute Gasteiger partial charge is 0.418 e. The zero-order valence-corrected chi connectivity index (χ0v) is 13.6. The summed E-state index contributed by atoms with van der Waals surface area (Å²) in [7, 11) is 0. The molecule has 1 fully saturated rings. The van der Waals surface area contributed by atoms with Crippen LogP contribution in [0.1, 0.15) is 45.2 Å². The van der Waals surface area contributed by atoms with Gasteiger partial charge >= 0.3 is 6.09 Å². The highest BCUT2D eigenvalue weighted by molar-refractivity contribution is 5.69. The van der Waals surface area contributed by atoms with Crippen molar-refractivity contribution < 1.29 is 30.0 Å². The van der Waals surface area contributed by atoms with Crippen LogP contribution in [0, 0.1) is 6.92 Å². The second-order valence-corrected chi connectivity index (χ2v) is 6.92. The predicted molar refractivity (Wildman–Crippen MR) is 77.6 cm³/mol. The van der Waals surface area contributed by atoms with Crippen molar-refractivity contribution >= 4 is 6.09 Å². The number of aliphatic hydroxyl groups is 4. The van der Waals surface area contributed by atoms with E-state index in [1.165, 1.54) is 4.68 Å². The maximum atomic E-state index is 12.1. The van der Waals surface area contributed by atoms with E-state index in [0.717, 1.165) is 5.56 Å². The first-order valence-electron chi connectivity index (χ1n) is 7.25. The Morgan fingerprint density at radius 2 is 1.78 bits per heavy atom. The van der Waals surface area contributed by atoms with Crippen LogP contribution in [0.2, 0.25) is 0 Å². The van der Waals surface area contributed by atoms with Gasteiger partial charge in [0.15, 0.2) is 0 Å². The van der Waals surface area contributed by atoms with Crippen LogP contribution in [-0.2, 0) is 4.74 Å². The van der Waals surface area contributed by atoms with Crippen LogP contribution in [0.15, 0.2) is 12.4 Å². The molecule has 4 N–H and O–H groups in total. The van der Waals surface area contributed by atoms with Gasteiger partial charge in [-0.3, -0.25) is 4.68 Å². The Balaban J connectivity index is 2.28. The summed E-state index contributed by atoms with van der Waals surface area (Å²) in [4.78, 5) is 12.3. The van der Waals surface area contributed by atoms with Crippen molar-refractivity contribution in [3.8, 4) is 0 Å². The molecule has 0 unspecified atom stereocenters. The molecule has 1 aliphatic heterocycles. The van der Waals surface area contributed by atoms with Crippen LogP contribution in [0.4, 0.5) is 4.79 Å². The largest absolute Gasteiger partial charge is 0.443 e. The van der Waals surface area contributed by atoms with E-state index in [4.69, 9.17) is 4.74 Å². The van der Waals surface area contributed by atoms with Gasteiger partial charge in [0.05, 0.1) is 12.2 Å². The van der Waals surface area contributed by atoms with Crippen molar-refractivity contribution in [2.75, 3.05) is 0 Å². The van der Waals surface area contributed by atoms with Gasteiger partial charge in [-0.15, -0.1) is 0 Å². The molecule has 9 nitrogen and oxygen atoms in total. The summed E-state index contributed by atoms with van der Waals surface area (Å²) in [6.45, 7) is 6.54. The van der Waals surface area contributed by atoms with Gasteiger partial charge < -0.3 is 25.2 Å². The molecule has 0 spiro atoms. The van der Waals surface area contributed by atoms with E-state index < -0.39 is 29.6 Å². The van der Waals surface area contributed by atoms with Crippen LogP contribution in [0.3, 0.4) is 0 Å². The summed E-state index contributed by atoms with van der Waals surface area (Å²) in [6.07, 6.45) is 1.27. The van der Waals surface area contributed by atoms with Gasteiger partial charge in [-0.05, 0) is 33.3 Å². The van der Waals surface area contributed by atoms with E-state index >= 15 is 0 Å². The van der Waals surface area contributed by atoms with Gasteiger partial charge in [-0.2, -0.15) is 5.10 Å². The molecule has 0 atom stereocenters. The Bertz CT molecular complexity index is 572. The molecule has 1 amide bonds. The predicted octanol–water partition coefficient (Wildman–Crippen LogP) is 0.0403. The Kier molecular flexibility index (Phi) is 4.18. The number of ether oxygens (including phenoxy) is 1. The molecule has 0 radical (unpaired) electrons. The first-order chi connectivity index (χ1) is 10.3. The van der Waals surface area contributed by atoms with Gasteiger partial charge in [0.25, 0.3) is 11.8 Å². The number of aryl methyl sites for hydroxylation is 1. The van der Waals surface area contributed by atoms with Gasteiger partial charge in [-0.25, -0.2) is 9.69 Å². The number of rotatable bonds is 1. The topological polar surface area (TPSA) is 128 Å². The van der Waals surface area contributed by atoms with E-state index in [2.05, 4.69) is 5.10 Å². The molecule has 2 heterocycles. The van der Waals surface area contributed by atoms with Gasteiger partial charge in [-0.1, -0.05) is 0 Å². The number of amides is 1. The molecule has 0 aliphatic carbocycles. The lowest BCUT2D eigenvalue weighted by Gasteiger charge is -2.48. The van der Waals surface area contributed by atoms with E-state index in [1.807, 2.05) is 0 Å². The first-order valence-corrected chi connectivity index (χ1v) is 7.25. The third-order valence-corrected chi connectivity index (χ3v) is 3.42. The summed E-state index contributed by atoms with van der Waals surface area (Å²) >= 11 is 0. The fraction of sp³-hybridized carbons (Fsp3) is 0.714. The molecule has 0 saturated carbocycles. The number of nitrogens with zero attached hydrogens (tertiary/aromatic N) is 3. The Morgan fingerprint density at radius 1 is 1.26 bits per heavy atom. The third-order valence-electron chi connectivity index (χ3n) is 3.42. The molecule has 0 aromatic carbocycles. The normalized spacial score (nSPS) is 21.3. The number of piperidine rings is 1. The lowest BCUT2D eigenvalue weighted by atomic mass is 9.98. The molecule has 2 rings (SSSR count). The summed E-state index contributed by atoms with van der Waals surface area (Å²) in [6, 6.07) is -0.715. The lowest BCUT2D eigenvalue weighted by molar-refractivity contribution is -0.394. The Labute approximate surface area is 133 Å². The Morgan fingerprint density at radius 3 is 2.17 bits per heavy atom. The minimum Gasteiger partial charge on any atom is -0.443 e. The average molecular weight is 329 g/mol. The van der Waals surface area contributed by atoms with Crippen LogP contribution < -0.4 is 0 Å². The summed E-state index contributed by atoms with van der Waals surface area (Å²) in [5.41, 5.74) is -0.0957. The highest BCUT2D eigenvalue weighted by Gasteiger charge is 2.57. The number of carbonyl (C=O) groups is 1. The fourth-order valence-corrected chi connectivity index (χ4v) is 2.59. The van der Waals surface area contributed by atoms with Gasteiger partial charge in [0, 0.05) is 19.0 Å². The van der Waals surface area contributed by atoms with Crippen molar-refractivity contribution in [2.24, 2.45) is 0 Å². The second-order valence-electron chi connectivity index (χ2n) is 6.92. The molecule has 130 valence electrons. The van der Waals surface area contributed by atoms with Crippen molar-refractivity contribution in [1.29, 1.82) is 0 Å². The minimum absolute atomic E-state index is 0.137. The van der Waals surface area contributed by atoms with E-state index in [-0.39, 0.29) is 17.7 Å². The van der Waals surface area contributed by atoms with Gasteiger partial charge in [0.1, 0.15) is 5.60 Å². The highest BCUT2D eigenvalue weighted by atomic mass is 16.6. The van der Waals surface area contributed by atoms with Crippen LogP contribution in [0.25, 0.3) is 0 Å². The van der Waals surface area contributed by atoms with Crippen LogP contribution in [0.5, 0.6) is 0 Å². The fourth-order valence-electron chi connectivity index (χ4n) is 2.59. The molecule has 1 aliphatic rings. The summed E-state index contributed by atoms with van der Waals surface area (Å²) in [5, 5.41) is 44.8. The maximum absolute atomic E-state index is 12.1. The molecule has 1 aromatic heterocycles. The van der Waals surface area contributed by atoms with E-state index in [0.29, 0.717) is 0 Å². The van der Waals surface area contributed by atoms with E-state index in [1.54, 1.807) is 40.1 Å². The average Bonchev–Trinajstić information content (AvgIpc) is 2.69. The van der Waals surface area contributed by atoms with Crippen molar-refractivity contribution in [1.82, 2.24) is 14.7 Å². The van der Waals surface area contributed by atoms with Crippen molar-refractivity contribution in [2.45, 2.75) is 64.0 Å². The molecule has 23 heavy (non-hydrogen) atoms. The van der Waals surface area contributed by atoms with Crippen molar-refractivity contribution in [3.63, 3.8) is 0 Å². The monoisotopic (exact) mass is 329 g/mol. The number of aromatic nitrogens is 2. The zero-order valence-electron chi connectivity index (χ0n) is 13.6. The molecular formula is C14H23N3O6. The van der Waals surface area contributed by atoms with Crippen LogP contribution in [-0.4, -0.2) is 58.6 Å². The lowest BCUT2D eigenvalue weighted by Crippen LogP contribution is -2.68. The highest BCUT2D eigenvalue weighted by Crippen LogP contribution is 2.39. The number of hydrogen-bond donors (Lipinski definition) is 4. The second kappa shape index (κ2) is 5.45. The third kappa shape index (κ3) is 3.81. The maximum Gasteiger partial charge on any atom is 0.418 e. The van der Waals surface area contributed by atoms with Crippen molar-refractivity contribution in [3.05, 3.63) is 18.0 Å². The number of likely N-dealkylation sites (tertiary alicyclic amines) is 1. The molecule has 9 heteroatoms. The first kappa shape index (κ1) is 17.7. The quantitative estimate of drug-likeness (QED) is 0.535. The SMILES string of the molecule is Cc1cnn(C2CC(O)(O)N(C(=O)OC(C)(C)C)C(O)(O)C2)c1. The standard InChI is InChI=1S/C14H23N3O6/c1-9-7-15-16(8-9)10-5-13(19,20)17(14(21,22)6-10)11(18)23-12(2,3)4/h7-8,10,19-22H,5-6H2,1-4H3. The Hall–Kier alpha value is -1.68. The molecular weight excluding hydrogens is 306 g/mol. The zero-order chi connectivity index (χ0) is 17.6. The summed E-state index contributed by atoms with van der Waals surface area (Å²) in [5.74, 6) is -5.59. The summed E-state index contributed by atoms with van der Waals surface area (Å²) < 4.78 is 6.42. The molecule has 0 bridgehead atoms. The van der Waals surface area contributed by atoms with E-state index in [9.17, 15) is 25.2 Å². The number of hydrogen-bond acceptors (Lipinski definition) is 7. The molecule has 1 saturated heterocycles. The van der Waals surface area contributed by atoms with Crippen LogP contribution >= 0.6 is 0 Å². The molecule has 1 aromatic rings.